The van der Waals surface area contributed by atoms with Gasteiger partial charge in [0.15, 0.2) is 5.78 Å². The van der Waals surface area contributed by atoms with Gasteiger partial charge >= 0.3 is 5.97 Å². The number of carbonyl (C=O) groups is 2. The van der Waals surface area contributed by atoms with Gasteiger partial charge in [0.25, 0.3) is 0 Å². The number of hydrogen-bond donors (Lipinski definition) is 0. The Labute approximate surface area is 105 Å². The predicted octanol–water partition coefficient (Wildman–Crippen LogP) is 2.99. The Hall–Kier alpha value is -1.97. The Morgan fingerprint density at radius 1 is 1.39 bits per heavy atom. The molecular weight excluding hydrogens is 235 g/mol. The van der Waals surface area contributed by atoms with Crippen LogP contribution in [-0.2, 0) is 9.53 Å². The Bertz CT molecular complexity index is 478. The van der Waals surface area contributed by atoms with Crippen LogP contribution in [0.5, 0.6) is 0 Å². The van der Waals surface area contributed by atoms with E-state index in [2.05, 4.69) is 0 Å². The van der Waals surface area contributed by atoms with Crippen LogP contribution in [0.25, 0.3) is 6.08 Å². The molecule has 0 N–H and O–H groups in total. The first-order chi connectivity index (χ1) is 8.54. The highest BCUT2D eigenvalue weighted by molar-refractivity contribution is 5.94. The molecule has 1 rings (SSSR count). The molecule has 96 valence electrons. The molecule has 0 aliphatic carbocycles. The Morgan fingerprint density at radius 2 is 2.11 bits per heavy atom. The first kappa shape index (κ1) is 14.1. The standard InChI is InChI=1S/C14H15FO3/c1-3-18-14(17)6-4-5-11-7-8-13(15)12(9-11)10(2)16/h4-5,7-9H,3,6H2,1-2H3. The Morgan fingerprint density at radius 3 is 2.72 bits per heavy atom. The second-order valence-corrected chi connectivity index (χ2v) is 3.71. The third-order valence-electron chi connectivity index (χ3n) is 2.27. The number of esters is 1. The normalized spacial score (nSPS) is 10.6. The topological polar surface area (TPSA) is 43.4 Å². The number of rotatable bonds is 5. The van der Waals surface area contributed by atoms with Crippen LogP contribution in [0.1, 0.15) is 36.2 Å². The Balaban J connectivity index is 2.73. The monoisotopic (exact) mass is 250 g/mol. The molecule has 0 atom stereocenters. The van der Waals surface area contributed by atoms with E-state index in [1.165, 1.54) is 19.1 Å². The second-order valence-electron chi connectivity index (χ2n) is 3.71. The van der Waals surface area contributed by atoms with Crippen molar-refractivity contribution in [3.8, 4) is 0 Å². The number of hydrogen-bond acceptors (Lipinski definition) is 3. The summed E-state index contributed by atoms with van der Waals surface area (Å²) in [7, 11) is 0. The molecule has 0 fully saturated rings. The van der Waals surface area contributed by atoms with Crippen LogP contribution in [0.2, 0.25) is 0 Å². The van der Waals surface area contributed by atoms with Crippen molar-refractivity contribution in [2.45, 2.75) is 20.3 Å². The van der Waals surface area contributed by atoms with Crippen LogP contribution in [0, 0.1) is 5.82 Å². The zero-order valence-electron chi connectivity index (χ0n) is 10.4. The lowest BCUT2D eigenvalue weighted by molar-refractivity contribution is -0.142. The third kappa shape index (κ3) is 4.13. The molecule has 0 bridgehead atoms. The first-order valence-corrected chi connectivity index (χ1v) is 5.67. The van der Waals surface area contributed by atoms with E-state index in [1.807, 2.05) is 0 Å². The van der Waals surface area contributed by atoms with Gasteiger partial charge in [-0.3, -0.25) is 9.59 Å². The van der Waals surface area contributed by atoms with E-state index in [4.69, 9.17) is 4.74 Å². The maximum Gasteiger partial charge on any atom is 0.309 e. The van der Waals surface area contributed by atoms with E-state index in [0.29, 0.717) is 12.2 Å². The van der Waals surface area contributed by atoms with E-state index in [-0.39, 0.29) is 23.7 Å². The van der Waals surface area contributed by atoms with Gasteiger partial charge in [0.05, 0.1) is 18.6 Å². The van der Waals surface area contributed by atoms with Crippen molar-refractivity contribution in [2.75, 3.05) is 6.61 Å². The van der Waals surface area contributed by atoms with Gasteiger partial charge in [-0.05, 0) is 31.5 Å². The van der Waals surface area contributed by atoms with Gasteiger partial charge in [-0.2, -0.15) is 0 Å². The average Bonchev–Trinajstić information content (AvgIpc) is 2.31. The highest BCUT2D eigenvalue weighted by Gasteiger charge is 2.06. The van der Waals surface area contributed by atoms with Gasteiger partial charge in [-0.1, -0.05) is 18.2 Å². The molecule has 0 saturated carbocycles. The highest BCUT2D eigenvalue weighted by atomic mass is 19.1. The average molecular weight is 250 g/mol. The molecule has 0 unspecified atom stereocenters. The summed E-state index contributed by atoms with van der Waals surface area (Å²) in [6.45, 7) is 3.39. The lowest BCUT2D eigenvalue weighted by Gasteiger charge is -2.00. The number of benzene rings is 1. The molecule has 0 amide bonds. The van der Waals surface area contributed by atoms with Crippen molar-refractivity contribution in [1.29, 1.82) is 0 Å². The van der Waals surface area contributed by atoms with E-state index < -0.39 is 5.82 Å². The van der Waals surface area contributed by atoms with Gasteiger partial charge in [-0.25, -0.2) is 4.39 Å². The smallest absolute Gasteiger partial charge is 0.309 e. The van der Waals surface area contributed by atoms with Crippen molar-refractivity contribution >= 4 is 17.8 Å². The molecule has 4 heteroatoms. The fourth-order valence-electron chi connectivity index (χ4n) is 1.43. The summed E-state index contributed by atoms with van der Waals surface area (Å²) in [5, 5.41) is 0. The first-order valence-electron chi connectivity index (χ1n) is 5.67. The van der Waals surface area contributed by atoms with Gasteiger partial charge in [0.1, 0.15) is 5.82 Å². The molecule has 0 aliphatic rings. The minimum Gasteiger partial charge on any atom is -0.466 e. The van der Waals surface area contributed by atoms with Crippen molar-refractivity contribution in [3.05, 3.63) is 41.2 Å². The number of ether oxygens (including phenoxy) is 1. The molecular formula is C14H15FO3. The zero-order chi connectivity index (χ0) is 13.5. The van der Waals surface area contributed by atoms with Gasteiger partial charge in [0.2, 0.25) is 0 Å². The van der Waals surface area contributed by atoms with E-state index in [0.717, 1.165) is 0 Å². The van der Waals surface area contributed by atoms with Gasteiger partial charge in [0, 0.05) is 0 Å². The molecule has 0 aliphatic heterocycles. The number of carbonyl (C=O) groups excluding carboxylic acids is 2. The van der Waals surface area contributed by atoms with Crippen molar-refractivity contribution in [2.24, 2.45) is 0 Å². The fraction of sp³-hybridized carbons (Fsp3) is 0.286. The quantitative estimate of drug-likeness (QED) is 0.596. The summed E-state index contributed by atoms with van der Waals surface area (Å²) < 4.78 is 18.0. The van der Waals surface area contributed by atoms with E-state index in [9.17, 15) is 14.0 Å². The fourth-order valence-corrected chi connectivity index (χ4v) is 1.43. The molecule has 0 aromatic heterocycles. The predicted molar refractivity (Wildman–Crippen MR) is 66.7 cm³/mol. The summed E-state index contributed by atoms with van der Waals surface area (Å²) in [6.07, 6.45) is 3.43. The molecule has 0 radical (unpaired) electrons. The summed E-state index contributed by atoms with van der Waals surface area (Å²) in [5.74, 6) is -1.18. The third-order valence-corrected chi connectivity index (χ3v) is 2.27. The lowest BCUT2D eigenvalue weighted by atomic mass is 10.1. The lowest BCUT2D eigenvalue weighted by Crippen LogP contribution is -2.01. The summed E-state index contributed by atoms with van der Waals surface area (Å²) in [6, 6.07) is 4.24. The largest absolute Gasteiger partial charge is 0.466 e. The van der Waals surface area contributed by atoms with Crippen LogP contribution >= 0.6 is 0 Å². The van der Waals surface area contributed by atoms with Gasteiger partial charge < -0.3 is 4.74 Å². The summed E-state index contributed by atoms with van der Waals surface area (Å²) >= 11 is 0. The minimum absolute atomic E-state index is 0.0493. The van der Waals surface area contributed by atoms with Crippen molar-refractivity contribution < 1.29 is 18.7 Å². The van der Waals surface area contributed by atoms with Gasteiger partial charge in [-0.15, -0.1) is 0 Å². The number of ketones is 1. The molecule has 1 aromatic rings. The molecule has 0 saturated heterocycles. The van der Waals surface area contributed by atoms with Crippen LogP contribution in [0.3, 0.4) is 0 Å². The summed E-state index contributed by atoms with van der Waals surface area (Å²) in [5.41, 5.74) is 0.721. The van der Waals surface area contributed by atoms with Crippen LogP contribution < -0.4 is 0 Å². The number of halogens is 1. The molecule has 0 heterocycles. The Kier molecular flexibility index (Phi) is 5.24. The highest BCUT2D eigenvalue weighted by Crippen LogP contribution is 2.13. The zero-order valence-corrected chi connectivity index (χ0v) is 10.4. The van der Waals surface area contributed by atoms with Crippen molar-refractivity contribution in [3.63, 3.8) is 0 Å². The number of Topliss-reactive ketones (excluding diaryl/α,β-unsaturated/α-hetero) is 1. The molecule has 1 aromatic carbocycles. The molecule has 0 spiro atoms. The molecule has 18 heavy (non-hydrogen) atoms. The maximum atomic E-state index is 13.3. The second kappa shape index (κ2) is 6.69. The van der Waals surface area contributed by atoms with Crippen LogP contribution in [0.4, 0.5) is 4.39 Å². The minimum atomic E-state index is -0.537. The SMILES string of the molecule is CCOC(=O)CC=Cc1ccc(F)c(C(C)=O)c1. The summed E-state index contributed by atoms with van der Waals surface area (Å²) in [4.78, 5) is 22.2. The van der Waals surface area contributed by atoms with Crippen LogP contribution in [0.15, 0.2) is 24.3 Å². The van der Waals surface area contributed by atoms with Crippen LogP contribution in [-0.4, -0.2) is 18.4 Å². The maximum absolute atomic E-state index is 13.3. The van der Waals surface area contributed by atoms with E-state index >= 15 is 0 Å². The molecule has 3 nitrogen and oxygen atoms in total. The van der Waals surface area contributed by atoms with Crippen molar-refractivity contribution in [1.82, 2.24) is 0 Å². The van der Waals surface area contributed by atoms with E-state index in [1.54, 1.807) is 25.1 Å².